The van der Waals surface area contributed by atoms with Crippen molar-refractivity contribution < 1.29 is 27.9 Å². The van der Waals surface area contributed by atoms with E-state index in [2.05, 4.69) is 25.6 Å². The minimum absolute atomic E-state index is 0.200. The lowest BCUT2D eigenvalue weighted by Crippen LogP contribution is -2.26. The number of aliphatic carboxylic acids is 1. The van der Waals surface area contributed by atoms with Gasteiger partial charge in [-0.3, -0.25) is 14.8 Å². The minimum atomic E-state index is -5.08. The predicted octanol–water partition coefficient (Wildman–Crippen LogP) is 1.74. The van der Waals surface area contributed by atoms with Gasteiger partial charge in [0.1, 0.15) is 5.69 Å². The zero-order chi connectivity index (χ0) is 19.4. The van der Waals surface area contributed by atoms with E-state index < -0.39 is 12.1 Å². The van der Waals surface area contributed by atoms with Gasteiger partial charge >= 0.3 is 12.1 Å². The smallest absolute Gasteiger partial charge is 0.475 e. The average Bonchev–Trinajstić information content (AvgIpc) is 2.62. The monoisotopic (exact) mass is 371 g/mol. The first-order valence-corrected chi connectivity index (χ1v) is 7.29. The maximum Gasteiger partial charge on any atom is 0.490 e. The molecule has 3 N–H and O–H groups in total. The Morgan fingerprint density at radius 1 is 1.08 bits per heavy atom. The van der Waals surface area contributed by atoms with Crippen molar-refractivity contribution in [2.45, 2.75) is 12.6 Å². The zero-order valence-corrected chi connectivity index (χ0v) is 13.4. The molecule has 140 valence electrons. The predicted molar refractivity (Wildman–Crippen MR) is 85.4 cm³/mol. The van der Waals surface area contributed by atoms with E-state index in [0.29, 0.717) is 12.2 Å². The number of hydrogen-bond donors (Lipinski definition) is 3. The highest BCUT2D eigenvalue weighted by molar-refractivity contribution is 5.91. The Kier molecular flexibility index (Phi) is 8.47. The molecule has 0 aliphatic heterocycles. The van der Waals surface area contributed by atoms with Crippen LogP contribution in [0.5, 0.6) is 0 Å². The van der Waals surface area contributed by atoms with Crippen molar-refractivity contribution in [3.05, 3.63) is 48.8 Å². The third kappa shape index (κ3) is 8.57. The van der Waals surface area contributed by atoms with Crippen LogP contribution < -0.4 is 10.6 Å². The lowest BCUT2D eigenvalue weighted by atomic mass is 10.3. The van der Waals surface area contributed by atoms with Crippen molar-refractivity contribution >= 4 is 17.6 Å². The number of amides is 1. The van der Waals surface area contributed by atoms with Crippen molar-refractivity contribution in [2.75, 3.05) is 18.4 Å². The van der Waals surface area contributed by atoms with Gasteiger partial charge in [-0.2, -0.15) is 13.2 Å². The Morgan fingerprint density at radius 2 is 1.77 bits per heavy atom. The molecule has 0 atom stereocenters. The van der Waals surface area contributed by atoms with E-state index in [1.165, 1.54) is 18.6 Å². The van der Waals surface area contributed by atoms with E-state index in [0.717, 1.165) is 18.7 Å². The molecule has 2 aromatic heterocycles. The van der Waals surface area contributed by atoms with Crippen LogP contribution >= 0.6 is 0 Å². The first kappa shape index (κ1) is 20.8. The van der Waals surface area contributed by atoms with Crippen LogP contribution in [0.15, 0.2) is 43.1 Å². The van der Waals surface area contributed by atoms with Gasteiger partial charge < -0.3 is 15.7 Å². The largest absolute Gasteiger partial charge is 0.490 e. The number of nitrogens with zero attached hydrogens (tertiary/aromatic N) is 3. The molecule has 1 amide bonds. The standard InChI is InChI=1S/C13H15N5O.C2HF3O2/c19-13(12-10-15-7-8-17-12)18-6-2-5-16-11-3-1-4-14-9-11;3-2(4,5)1(6)7/h1,3-4,7-10,16H,2,5-6H2,(H,18,19);(H,6,7). The fourth-order valence-corrected chi connectivity index (χ4v) is 1.50. The van der Waals surface area contributed by atoms with E-state index in [9.17, 15) is 18.0 Å². The Labute approximate surface area is 146 Å². The van der Waals surface area contributed by atoms with Crippen LogP contribution in [0.25, 0.3) is 0 Å². The number of hydrogen-bond acceptors (Lipinski definition) is 6. The highest BCUT2D eigenvalue weighted by Gasteiger charge is 2.38. The molecule has 11 heteroatoms. The van der Waals surface area contributed by atoms with Crippen molar-refractivity contribution in [3.63, 3.8) is 0 Å². The van der Waals surface area contributed by atoms with Crippen molar-refractivity contribution in [1.29, 1.82) is 0 Å². The summed E-state index contributed by atoms with van der Waals surface area (Å²) < 4.78 is 31.7. The van der Waals surface area contributed by atoms with Crippen molar-refractivity contribution in [1.82, 2.24) is 20.3 Å². The number of pyridine rings is 1. The number of carboxylic acid groups (broad SMARTS) is 1. The van der Waals surface area contributed by atoms with Gasteiger partial charge in [0.05, 0.1) is 11.9 Å². The van der Waals surface area contributed by atoms with Crippen molar-refractivity contribution in [3.8, 4) is 0 Å². The summed E-state index contributed by atoms with van der Waals surface area (Å²) in [6.45, 7) is 1.36. The molecular formula is C15H16F3N5O3. The molecule has 0 unspecified atom stereocenters. The normalized spacial score (nSPS) is 10.3. The van der Waals surface area contributed by atoms with Gasteiger partial charge in [-0.15, -0.1) is 0 Å². The third-order valence-corrected chi connectivity index (χ3v) is 2.67. The third-order valence-electron chi connectivity index (χ3n) is 2.67. The number of nitrogens with one attached hydrogen (secondary N) is 2. The maximum atomic E-state index is 11.6. The van der Waals surface area contributed by atoms with Crippen LogP contribution in [0.4, 0.5) is 18.9 Å². The highest BCUT2D eigenvalue weighted by atomic mass is 19.4. The molecule has 0 radical (unpaired) electrons. The molecule has 8 nitrogen and oxygen atoms in total. The van der Waals surface area contributed by atoms with Gasteiger partial charge in [0.25, 0.3) is 5.91 Å². The van der Waals surface area contributed by atoms with E-state index in [1.54, 1.807) is 12.4 Å². The summed E-state index contributed by atoms with van der Waals surface area (Å²) in [6.07, 6.45) is 3.71. The number of alkyl halides is 3. The number of rotatable bonds is 6. The topological polar surface area (TPSA) is 117 Å². The van der Waals surface area contributed by atoms with Crippen LogP contribution in [0, 0.1) is 0 Å². The van der Waals surface area contributed by atoms with Gasteiger partial charge in [-0.05, 0) is 18.6 Å². The van der Waals surface area contributed by atoms with Gasteiger partial charge in [0.2, 0.25) is 0 Å². The second-order valence-electron chi connectivity index (χ2n) is 4.67. The molecule has 0 spiro atoms. The van der Waals surface area contributed by atoms with Crippen LogP contribution in [-0.4, -0.2) is 51.2 Å². The summed E-state index contributed by atoms with van der Waals surface area (Å²) in [4.78, 5) is 32.3. The zero-order valence-electron chi connectivity index (χ0n) is 13.4. The molecule has 2 heterocycles. The van der Waals surface area contributed by atoms with E-state index in [4.69, 9.17) is 9.90 Å². The first-order chi connectivity index (χ1) is 12.3. The number of carboxylic acids is 1. The average molecular weight is 371 g/mol. The molecule has 0 aliphatic rings. The van der Waals surface area contributed by atoms with Crippen LogP contribution in [0.3, 0.4) is 0 Å². The number of aromatic nitrogens is 3. The van der Waals surface area contributed by atoms with E-state index in [-0.39, 0.29) is 5.91 Å². The fourth-order valence-electron chi connectivity index (χ4n) is 1.50. The second kappa shape index (κ2) is 10.6. The van der Waals surface area contributed by atoms with E-state index >= 15 is 0 Å². The summed E-state index contributed by atoms with van der Waals surface area (Å²) in [7, 11) is 0. The Balaban J connectivity index is 0.000000412. The maximum absolute atomic E-state index is 11.6. The summed E-state index contributed by atoms with van der Waals surface area (Å²) >= 11 is 0. The van der Waals surface area contributed by atoms with Gasteiger partial charge in [0.15, 0.2) is 0 Å². The Hall–Kier alpha value is -3.24. The summed E-state index contributed by atoms with van der Waals surface area (Å²) in [5.74, 6) is -2.96. The lowest BCUT2D eigenvalue weighted by Gasteiger charge is -2.06. The number of carbonyl (C=O) groups excluding carboxylic acids is 1. The van der Waals surface area contributed by atoms with Crippen molar-refractivity contribution in [2.24, 2.45) is 0 Å². The molecular weight excluding hydrogens is 355 g/mol. The molecule has 2 aromatic rings. The lowest BCUT2D eigenvalue weighted by molar-refractivity contribution is -0.192. The molecule has 0 bridgehead atoms. The quantitative estimate of drug-likeness (QED) is 0.662. The molecule has 2 rings (SSSR count). The molecule has 0 aliphatic carbocycles. The first-order valence-electron chi connectivity index (χ1n) is 7.29. The van der Waals surface area contributed by atoms with Crippen LogP contribution in [0.1, 0.15) is 16.9 Å². The summed E-state index contributed by atoms with van der Waals surface area (Å²) in [5, 5.41) is 13.1. The SMILES string of the molecule is O=C(NCCCNc1cccnc1)c1cnccn1.O=C(O)C(F)(F)F. The fraction of sp³-hybridized carbons (Fsp3) is 0.267. The molecule has 0 saturated heterocycles. The highest BCUT2D eigenvalue weighted by Crippen LogP contribution is 2.13. The number of anilines is 1. The summed E-state index contributed by atoms with van der Waals surface area (Å²) in [5.41, 5.74) is 1.31. The Morgan fingerprint density at radius 3 is 2.31 bits per heavy atom. The number of halogens is 3. The minimum Gasteiger partial charge on any atom is -0.475 e. The summed E-state index contributed by atoms with van der Waals surface area (Å²) in [6, 6.07) is 3.82. The molecule has 0 saturated carbocycles. The second-order valence-corrected chi connectivity index (χ2v) is 4.67. The van der Waals surface area contributed by atoms with Gasteiger partial charge in [-0.1, -0.05) is 0 Å². The number of carbonyl (C=O) groups is 2. The van der Waals surface area contributed by atoms with Crippen LogP contribution in [-0.2, 0) is 4.79 Å². The van der Waals surface area contributed by atoms with Crippen LogP contribution in [0.2, 0.25) is 0 Å². The van der Waals surface area contributed by atoms with Gasteiger partial charge in [0, 0.05) is 37.9 Å². The molecule has 0 aromatic carbocycles. The van der Waals surface area contributed by atoms with Gasteiger partial charge in [-0.25, -0.2) is 9.78 Å². The molecule has 0 fully saturated rings. The molecule has 26 heavy (non-hydrogen) atoms. The Bertz CT molecular complexity index is 684. The van der Waals surface area contributed by atoms with E-state index in [1.807, 2.05) is 12.1 Å².